The average Bonchev–Trinajstić information content (AvgIpc) is 2.94. The molecule has 0 heterocycles. The first kappa shape index (κ1) is 29.3. The number of nitrogens with zero attached hydrogens (tertiary/aromatic N) is 1. The van der Waals surface area contributed by atoms with Crippen LogP contribution in [0.2, 0.25) is 10.0 Å². The molecule has 0 saturated carbocycles. The lowest BCUT2D eigenvalue weighted by Gasteiger charge is -2.11. The van der Waals surface area contributed by atoms with E-state index in [2.05, 4.69) is 15.8 Å². The molecule has 208 valence electrons. The number of anilines is 1. The minimum Gasteiger partial charge on any atom is -0.490 e. The SMILES string of the molecule is CCOc1cc(C=NNC(=O)c2cccc(NC(=O)c3ccc(Cl)cc3Cl)c2)ccc1OC(=O)c1cccc(C)c1. The largest absolute Gasteiger partial charge is 0.490 e. The van der Waals surface area contributed by atoms with E-state index in [0.717, 1.165) is 5.56 Å². The van der Waals surface area contributed by atoms with Crippen LogP contribution in [0, 0.1) is 6.92 Å². The maximum atomic E-state index is 12.7. The number of hydrogen-bond acceptors (Lipinski definition) is 6. The lowest BCUT2D eigenvalue weighted by atomic mass is 10.1. The molecule has 0 atom stereocenters. The second-order valence-corrected chi connectivity index (χ2v) is 9.60. The van der Waals surface area contributed by atoms with E-state index in [4.69, 9.17) is 32.7 Å². The number of carbonyl (C=O) groups excluding carboxylic acids is 3. The van der Waals surface area contributed by atoms with Gasteiger partial charge in [0.2, 0.25) is 0 Å². The van der Waals surface area contributed by atoms with Crippen molar-refractivity contribution >= 4 is 52.9 Å². The zero-order chi connectivity index (χ0) is 29.4. The van der Waals surface area contributed by atoms with Crippen molar-refractivity contribution in [3.63, 3.8) is 0 Å². The molecule has 2 amide bonds. The lowest BCUT2D eigenvalue weighted by molar-refractivity contribution is 0.0727. The summed E-state index contributed by atoms with van der Waals surface area (Å²) < 4.78 is 11.2. The van der Waals surface area contributed by atoms with Crippen LogP contribution in [0.4, 0.5) is 5.69 Å². The van der Waals surface area contributed by atoms with E-state index in [0.29, 0.717) is 34.2 Å². The molecule has 0 spiro atoms. The topological polar surface area (TPSA) is 106 Å². The molecule has 4 rings (SSSR count). The maximum Gasteiger partial charge on any atom is 0.343 e. The molecule has 0 aromatic heterocycles. The van der Waals surface area contributed by atoms with Crippen molar-refractivity contribution in [2.75, 3.05) is 11.9 Å². The zero-order valence-electron chi connectivity index (χ0n) is 22.1. The Hall–Kier alpha value is -4.66. The molecule has 0 radical (unpaired) electrons. The number of carbonyl (C=O) groups is 3. The number of hydrogen-bond donors (Lipinski definition) is 2. The van der Waals surface area contributed by atoms with E-state index in [1.807, 2.05) is 19.9 Å². The van der Waals surface area contributed by atoms with Crippen molar-refractivity contribution in [3.8, 4) is 11.5 Å². The summed E-state index contributed by atoms with van der Waals surface area (Å²) in [5.41, 5.74) is 5.35. The second kappa shape index (κ2) is 13.6. The molecule has 0 fully saturated rings. The van der Waals surface area contributed by atoms with E-state index < -0.39 is 17.8 Å². The molecule has 10 heteroatoms. The number of amides is 2. The van der Waals surface area contributed by atoms with Gasteiger partial charge in [-0.05, 0) is 86.1 Å². The Kier molecular flexibility index (Phi) is 9.73. The minimum absolute atomic E-state index is 0.211. The van der Waals surface area contributed by atoms with Gasteiger partial charge in [0.15, 0.2) is 11.5 Å². The summed E-state index contributed by atoms with van der Waals surface area (Å²) in [5.74, 6) is -0.819. The van der Waals surface area contributed by atoms with Crippen molar-refractivity contribution < 1.29 is 23.9 Å². The highest BCUT2D eigenvalue weighted by Crippen LogP contribution is 2.29. The standard InChI is InChI=1S/C31H25Cl2N3O5/c1-3-40-28-15-20(10-13-27(28)41-31(39)22-8-4-6-19(2)14-22)18-34-36-29(37)21-7-5-9-24(16-21)35-30(38)25-12-11-23(32)17-26(25)33/h4-18H,3H2,1-2H3,(H,35,38)(H,36,37). The van der Waals surface area contributed by atoms with Gasteiger partial charge in [0.1, 0.15) is 0 Å². The number of benzene rings is 4. The fourth-order valence-electron chi connectivity index (χ4n) is 3.73. The minimum atomic E-state index is -0.502. The third-order valence-corrected chi connectivity index (χ3v) is 6.21. The summed E-state index contributed by atoms with van der Waals surface area (Å²) >= 11 is 12.0. The first-order chi connectivity index (χ1) is 19.7. The fraction of sp³-hybridized carbons (Fsp3) is 0.0968. The summed E-state index contributed by atoms with van der Waals surface area (Å²) in [6, 6.07) is 22.9. The Morgan fingerprint density at radius 3 is 2.39 bits per heavy atom. The molecule has 41 heavy (non-hydrogen) atoms. The van der Waals surface area contributed by atoms with Crippen LogP contribution in [-0.4, -0.2) is 30.6 Å². The Morgan fingerprint density at radius 2 is 1.63 bits per heavy atom. The normalized spacial score (nSPS) is 10.7. The molecule has 4 aromatic carbocycles. The second-order valence-electron chi connectivity index (χ2n) is 8.76. The van der Waals surface area contributed by atoms with Gasteiger partial charge < -0.3 is 14.8 Å². The van der Waals surface area contributed by atoms with Crippen LogP contribution in [0.25, 0.3) is 0 Å². The molecular formula is C31H25Cl2N3O5. The van der Waals surface area contributed by atoms with Crippen molar-refractivity contribution in [1.29, 1.82) is 0 Å². The van der Waals surface area contributed by atoms with Crippen molar-refractivity contribution in [2.45, 2.75) is 13.8 Å². The first-order valence-electron chi connectivity index (χ1n) is 12.5. The predicted molar refractivity (Wildman–Crippen MR) is 160 cm³/mol. The third-order valence-electron chi connectivity index (χ3n) is 5.66. The fourth-order valence-corrected chi connectivity index (χ4v) is 4.22. The molecule has 4 aromatic rings. The highest BCUT2D eigenvalue weighted by molar-refractivity contribution is 6.37. The molecule has 8 nitrogen and oxygen atoms in total. The van der Waals surface area contributed by atoms with Crippen LogP contribution < -0.4 is 20.2 Å². The van der Waals surface area contributed by atoms with Gasteiger partial charge >= 0.3 is 5.97 Å². The number of ether oxygens (including phenoxy) is 2. The highest BCUT2D eigenvalue weighted by Gasteiger charge is 2.14. The molecule has 0 saturated heterocycles. The molecule has 0 aliphatic heterocycles. The molecule has 0 aliphatic rings. The quantitative estimate of drug-likeness (QED) is 0.0952. The molecule has 0 bridgehead atoms. The number of nitrogens with one attached hydrogen (secondary N) is 2. The van der Waals surface area contributed by atoms with Gasteiger partial charge in [0, 0.05) is 16.3 Å². The van der Waals surface area contributed by atoms with E-state index in [1.165, 1.54) is 24.4 Å². The first-order valence-corrected chi connectivity index (χ1v) is 13.2. The Bertz CT molecular complexity index is 1640. The van der Waals surface area contributed by atoms with Gasteiger partial charge in [-0.15, -0.1) is 0 Å². The van der Waals surface area contributed by atoms with Gasteiger partial charge in [-0.25, -0.2) is 10.2 Å². The maximum absolute atomic E-state index is 12.7. The van der Waals surface area contributed by atoms with Crippen LogP contribution in [-0.2, 0) is 0 Å². The van der Waals surface area contributed by atoms with Crippen molar-refractivity contribution in [3.05, 3.63) is 123 Å². The number of rotatable bonds is 9. The van der Waals surface area contributed by atoms with E-state index >= 15 is 0 Å². The highest BCUT2D eigenvalue weighted by atomic mass is 35.5. The van der Waals surface area contributed by atoms with Crippen molar-refractivity contribution in [2.24, 2.45) is 5.10 Å². The van der Waals surface area contributed by atoms with Crippen LogP contribution in [0.1, 0.15) is 49.1 Å². The van der Waals surface area contributed by atoms with Crippen LogP contribution in [0.15, 0.2) is 90.0 Å². The third kappa shape index (κ3) is 7.94. The monoisotopic (exact) mass is 589 g/mol. The van der Waals surface area contributed by atoms with Crippen LogP contribution in [0.5, 0.6) is 11.5 Å². The van der Waals surface area contributed by atoms with Gasteiger partial charge in [-0.2, -0.15) is 5.10 Å². The number of aryl methyl sites for hydroxylation is 1. The summed E-state index contributed by atoms with van der Waals surface area (Å²) in [6.45, 7) is 4.06. The van der Waals surface area contributed by atoms with E-state index in [9.17, 15) is 14.4 Å². The summed E-state index contributed by atoms with van der Waals surface area (Å²) in [6.07, 6.45) is 1.43. The van der Waals surface area contributed by atoms with Gasteiger partial charge in [0.05, 0.1) is 29.0 Å². The Balaban J connectivity index is 1.40. The zero-order valence-corrected chi connectivity index (χ0v) is 23.6. The number of halogens is 2. The lowest BCUT2D eigenvalue weighted by Crippen LogP contribution is -2.18. The average molecular weight is 590 g/mol. The Morgan fingerprint density at radius 1 is 0.854 bits per heavy atom. The molecule has 0 unspecified atom stereocenters. The number of hydrazone groups is 1. The van der Waals surface area contributed by atoms with Crippen molar-refractivity contribution in [1.82, 2.24) is 5.43 Å². The molecular weight excluding hydrogens is 565 g/mol. The van der Waals surface area contributed by atoms with Crippen LogP contribution >= 0.6 is 23.2 Å². The molecule has 0 aliphatic carbocycles. The number of esters is 1. The van der Waals surface area contributed by atoms with Crippen LogP contribution in [0.3, 0.4) is 0 Å². The van der Waals surface area contributed by atoms with E-state index in [1.54, 1.807) is 60.7 Å². The smallest absolute Gasteiger partial charge is 0.343 e. The summed E-state index contributed by atoms with van der Waals surface area (Å²) in [7, 11) is 0. The Labute approximate surface area is 246 Å². The predicted octanol–water partition coefficient (Wildman–Crippen LogP) is 6.94. The molecule has 2 N–H and O–H groups in total. The van der Waals surface area contributed by atoms with Gasteiger partial charge in [0.25, 0.3) is 11.8 Å². The van der Waals surface area contributed by atoms with E-state index in [-0.39, 0.29) is 21.9 Å². The van der Waals surface area contributed by atoms with Gasteiger partial charge in [-0.3, -0.25) is 9.59 Å². The summed E-state index contributed by atoms with van der Waals surface area (Å²) in [4.78, 5) is 37.9. The van der Waals surface area contributed by atoms with Gasteiger partial charge in [-0.1, -0.05) is 47.0 Å². The summed E-state index contributed by atoms with van der Waals surface area (Å²) in [5, 5.41) is 7.36.